The van der Waals surface area contributed by atoms with E-state index in [0.717, 1.165) is 20.3 Å². The Morgan fingerprint density at radius 1 is 1.00 bits per heavy atom. The third kappa shape index (κ3) is 7.13. The van der Waals surface area contributed by atoms with Crippen molar-refractivity contribution >= 4 is 39.3 Å². The number of thioether (sulfide) groups is 1. The molecular formula is C29H35N3O5S2. The molecule has 0 radical (unpaired) electrons. The number of hydrogen-bond acceptors (Lipinski definition) is 6. The Morgan fingerprint density at radius 2 is 1.64 bits per heavy atom. The number of anilines is 1. The summed E-state index contributed by atoms with van der Waals surface area (Å²) in [6.07, 6.45) is 1.91. The fraction of sp³-hybridized carbons (Fsp3) is 0.310. The highest BCUT2D eigenvalue weighted by Crippen LogP contribution is 2.33. The first kappa shape index (κ1) is 30.0. The summed E-state index contributed by atoms with van der Waals surface area (Å²) in [6, 6.07) is 20.0. The number of carbonyl (C=O) groups is 2. The van der Waals surface area contributed by atoms with Gasteiger partial charge in [0.2, 0.25) is 11.8 Å². The van der Waals surface area contributed by atoms with Gasteiger partial charge in [0, 0.05) is 18.5 Å². The molecule has 0 unspecified atom stereocenters. The number of ether oxygens (including phenoxy) is 1. The molecule has 208 valence electrons. The van der Waals surface area contributed by atoms with Crippen LogP contribution in [0.2, 0.25) is 0 Å². The van der Waals surface area contributed by atoms with Gasteiger partial charge < -0.3 is 15.0 Å². The predicted molar refractivity (Wildman–Crippen MR) is 156 cm³/mol. The second kappa shape index (κ2) is 13.5. The average Bonchev–Trinajstić information content (AvgIpc) is 2.95. The number of carbonyl (C=O) groups excluding carboxylic acids is 2. The molecule has 0 fully saturated rings. The molecule has 0 aliphatic heterocycles. The molecule has 10 heteroatoms. The van der Waals surface area contributed by atoms with Crippen LogP contribution in [0.3, 0.4) is 0 Å². The molecule has 0 aliphatic rings. The van der Waals surface area contributed by atoms with Crippen LogP contribution in [0.1, 0.15) is 25.0 Å². The van der Waals surface area contributed by atoms with Crippen molar-refractivity contribution in [1.29, 1.82) is 0 Å². The minimum Gasteiger partial charge on any atom is -0.492 e. The van der Waals surface area contributed by atoms with Crippen molar-refractivity contribution in [2.24, 2.45) is 0 Å². The summed E-state index contributed by atoms with van der Waals surface area (Å²) < 4.78 is 34.9. The zero-order valence-electron chi connectivity index (χ0n) is 22.9. The first-order valence-electron chi connectivity index (χ1n) is 12.6. The largest absolute Gasteiger partial charge is 0.492 e. The summed E-state index contributed by atoms with van der Waals surface area (Å²) in [5.41, 5.74) is 2.06. The molecule has 1 atom stereocenters. The molecule has 0 saturated carbocycles. The topological polar surface area (TPSA) is 96.0 Å². The maximum Gasteiger partial charge on any atom is 0.264 e. The van der Waals surface area contributed by atoms with Gasteiger partial charge in [-0.1, -0.05) is 36.4 Å². The molecular weight excluding hydrogens is 534 g/mol. The van der Waals surface area contributed by atoms with Gasteiger partial charge in [-0.05, 0) is 74.6 Å². The van der Waals surface area contributed by atoms with Gasteiger partial charge in [0.25, 0.3) is 10.0 Å². The lowest BCUT2D eigenvalue weighted by atomic mass is 10.1. The summed E-state index contributed by atoms with van der Waals surface area (Å²) in [7, 11) is -2.68. The highest BCUT2D eigenvalue weighted by atomic mass is 32.2. The average molecular weight is 570 g/mol. The number of rotatable bonds is 12. The van der Waals surface area contributed by atoms with E-state index in [1.54, 1.807) is 50.2 Å². The van der Waals surface area contributed by atoms with Gasteiger partial charge in [0.15, 0.2) is 0 Å². The Bertz CT molecular complexity index is 1390. The lowest BCUT2D eigenvalue weighted by molar-refractivity contribution is -0.139. The van der Waals surface area contributed by atoms with E-state index in [9.17, 15) is 18.0 Å². The Balaban J connectivity index is 2.10. The highest BCUT2D eigenvalue weighted by Gasteiger charge is 2.33. The number of para-hydroxylation sites is 2. The van der Waals surface area contributed by atoms with Crippen LogP contribution in [-0.2, 0) is 26.2 Å². The Kier molecular flexibility index (Phi) is 10.4. The minimum atomic E-state index is -4.19. The molecule has 0 saturated heterocycles. The first-order valence-corrected chi connectivity index (χ1v) is 15.2. The van der Waals surface area contributed by atoms with Crippen LogP contribution in [0, 0.1) is 6.92 Å². The first-order chi connectivity index (χ1) is 18.6. The number of sulfonamides is 1. The molecule has 3 aromatic rings. The van der Waals surface area contributed by atoms with Gasteiger partial charge in [-0.15, -0.1) is 11.8 Å². The van der Waals surface area contributed by atoms with Gasteiger partial charge in [-0.3, -0.25) is 13.9 Å². The van der Waals surface area contributed by atoms with Crippen LogP contribution in [-0.4, -0.2) is 57.6 Å². The van der Waals surface area contributed by atoms with Gasteiger partial charge >= 0.3 is 0 Å². The maximum atomic E-state index is 14.0. The fourth-order valence-corrected chi connectivity index (χ4v) is 5.92. The van der Waals surface area contributed by atoms with E-state index in [1.165, 1.54) is 35.8 Å². The van der Waals surface area contributed by atoms with Gasteiger partial charge in [-0.2, -0.15) is 0 Å². The number of hydrogen-bond donors (Lipinski definition) is 1. The zero-order valence-corrected chi connectivity index (χ0v) is 24.5. The maximum absolute atomic E-state index is 14.0. The van der Waals surface area contributed by atoms with Crippen LogP contribution in [0.5, 0.6) is 5.75 Å². The smallest absolute Gasteiger partial charge is 0.264 e. The monoisotopic (exact) mass is 569 g/mol. The molecule has 0 aromatic heterocycles. The summed E-state index contributed by atoms with van der Waals surface area (Å²) in [6.45, 7) is 5.29. The van der Waals surface area contributed by atoms with Crippen molar-refractivity contribution in [2.75, 3.05) is 30.8 Å². The molecule has 0 spiro atoms. The molecule has 8 nitrogen and oxygen atoms in total. The van der Waals surface area contributed by atoms with Crippen LogP contribution < -0.4 is 14.4 Å². The number of nitrogens with zero attached hydrogens (tertiary/aromatic N) is 2. The molecule has 0 bridgehead atoms. The van der Waals surface area contributed by atoms with E-state index in [-0.39, 0.29) is 23.0 Å². The fourth-order valence-electron chi connectivity index (χ4n) is 4.09. The Hall–Kier alpha value is -3.50. The van der Waals surface area contributed by atoms with Gasteiger partial charge in [-0.25, -0.2) is 8.42 Å². The lowest BCUT2D eigenvalue weighted by Crippen LogP contribution is -2.50. The number of aryl methyl sites for hydroxylation is 1. The second-order valence-corrected chi connectivity index (χ2v) is 11.6. The van der Waals surface area contributed by atoms with Crippen molar-refractivity contribution < 1.29 is 22.7 Å². The van der Waals surface area contributed by atoms with Crippen LogP contribution in [0.4, 0.5) is 5.69 Å². The summed E-state index contributed by atoms with van der Waals surface area (Å²) in [4.78, 5) is 29.0. The van der Waals surface area contributed by atoms with E-state index in [0.29, 0.717) is 12.4 Å². The lowest BCUT2D eigenvalue weighted by Gasteiger charge is -2.32. The number of likely N-dealkylation sites (N-methyl/N-ethyl adjacent to an activating group) is 1. The third-order valence-corrected chi connectivity index (χ3v) is 8.89. The zero-order chi connectivity index (χ0) is 28.6. The summed E-state index contributed by atoms with van der Waals surface area (Å²) >= 11 is 1.50. The molecule has 1 N–H and O–H groups in total. The van der Waals surface area contributed by atoms with Crippen LogP contribution in [0.25, 0.3) is 0 Å². The van der Waals surface area contributed by atoms with Crippen LogP contribution >= 0.6 is 11.8 Å². The van der Waals surface area contributed by atoms with Crippen molar-refractivity contribution in [2.45, 2.75) is 43.1 Å². The van der Waals surface area contributed by atoms with Crippen molar-refractivity contribution in [3.8, 4) is 5.75 Å². The van der Waals surface area contributed by atoms with Gasteiger partial charge in [0.1, 0.15) is 18.3 Å². The molecule has 39 heavy (non-hydrogen) atoms. The number of benzene rings is 3. The molecule has 3 aromatic carbocycles. The highest BCUT2D eigenvalue weighted by molar-refractivity contribution is 7.98. The normalized spacial score (nSPS) is 11.9. The van der Waals surface area contributed by atoms with E-state index in [1.807, 2.05) is 37.4 Å². The van der Waals surface area contributed by atoms with Crippen molar-refractivity contribution in [1.82, 2.24) is 10.2 Å². The predicted octanol–water partition coefficient (Wildman–Crippen LogP) is 4.47. The third-order valence-electron chi connectivity index (χ3n) is 6.38. The van der Waals surface area contributed by atoms with Crippen LogP contribution in [0.15, 0.2) is 82.6 Å². The molecule has 0 aliphatic carbocycles. The SMILES string of the molecule is CCOc1ccccc1N(CC(=O)N(Cc1ccccc1C)[C@@H](C)C(=O)NC)S(=O)(=O)c1ccc(SC)cc1. The quantitative estimate of drug-likeness (QED) is 0.323. The van der Waals surface area contributed by atoms with E-state index in [2.05, 4.69) is 5.32 Å². The van der Waals surface area contributed by atoms with E-state index < -0.39 is 28.5 Å². The second-order valence-electron chi connectivity index (χ2n) is 8.83. The standard InChI is InChI=1S/C29H35N3O5S2/c1-6-37-27-14-10-9-13-26(27)32(39(35,36)25-17-15-24(38-5)16-18-25)20-28(33)31(22(3)29(34)30-4)19-23-12-8-7-11-21(23)2/h7-18,22H,6,19-20H2,1-5H3,(H,30,34)/t22-/m0/s1. The minimum absolute atomic E-state index is 0.0456. The van der Waals surface area contributed by atoms with E-state index in [4.69, 9.17) is 4.74 Å². The summed E-state index contributed by atoms with van der Waals surface area (Å²) in [5, 5.41) is 2.59. The summed E-state index contributed by atoms with van der Waals surface area (Å²) in [5.74, 6) is -0.541. The van der Waals surface area contributed by atoms with Gasteiger partial charge in [0.05, 0.1) is 17.2 Å². The molecule has 0 heterocycles. The Morgan fingerprint density at radius 3 is 2.26 bits per heavy atom. The molecule has 3 rings (SSSR count). The van der Waals surface area contributed by atoms with E-state index >= 15 is 0 Å². The number of amides is 2. The Labute approximate surface area is 235 Å². The van der Waals surface area contributed by atoms with Crippen molar-refractivity contribution in [3.63, 3.8) is 0 Å². The number of nitrogens with one attached hydrogen (secondary N) is 1. The van der Waals surface area contributed by atoms with Crippen molar-refractivity contribution in [3.05, 3.63) is 83.9 Å². The molecule has 2 amide bonds.